The average molecular weight is 342 g/mol. The second-order valence-electron chi connectivity index (χ2n) is 5.18. The summed E-state index contributed by atoms with van der Waals surface area (Å²) in [5, 5.41) is 13.1. The molecule has 1 amide bonds. The van der Waals surface area contributed by atoms with Gasteiger partial charge in [0.1, 0.15) is 23.2 Å². The van der Waals surface area contributed by atoms with Gasteiger partial charge in [0, 0.05) is 18.4 Å². The van der Waals surface area contributed by atoms with Gasteiger partial charge in [0.2, 0.25) is 5.88 Å². The lowest BCUT2D eigenvalue weighted by molar-refractivity contribution is -0.123. The van der Waals surface area contributed by atoms with E-state index in [1.807, 2.05) is 13.0 Å². The van der Waals surface area contributed by atoms with Crippen LogP contribution in [0.1, 0.15) is 28.3 Å². The first kappa shape index (κ1) is 18.2. The molecule has 8 heteroatoms. The van der Waals surface area contributed by atoms with Crippen LogP contribution in [-0.2, 0) is 16.1 Å². The highest BCUT2D eigenvalue weighted by Gasteiger charge is 2.14. The third-order valence-corrected chi connectivity index (χ3v) is 3.09. The summed E-state index contributed by atoms with van der Waals surface area (Å²) in [4.78, 5) is 15.9. The summed E-state index contributed by atoms with van der Waals surface area (Å²) in [5.41, 5.74) is 3.87. The van der Waals surface area contributed by atoms with Crippen LogP contribution in [0.15, 0.2) is 27.7 Å². The van der Waals surface area contributed by atoms with Gasteiger partial charge in [-0.2, -0.15) is 10.4 Å². The summed E-state index contributed by atoms with van der Waals surface area (Å²) in [6.07, 6.45) is 1.38. The number of pyridine rings is 1. The molecule has 2 aromatic heterocycles. The zero-order valence-corrected chi connectivity index (χ0v) is 14.2. The molecule has 0 aromatic carbocycles. The van der Waals surface area contributed by atoms with Crippen LogP contribution in [0, 0.1) is 25.2 Å². The fourth-order valence-corrected chi connectivity index (χ4v) is 2.06. The minimum absolute atomic E-state index is 0.0929. The Morgan fingerprint density at radius 1 is 1.48 bits per heavy atom. The normalized spacial score (nSPS) is 10.6. The van der Waals surface area contributed by atoms with Gasteiger partial charge in [-0.15, -0.1) is 0 Å². The van der Waals surface area contributed by atoms with Crippen molar-refractivity contribution in [3.05, 3.63) is 46.5 Å². The van der Waals surface area contributed by atoms with Gasteiger partial charge in [-0.05, 0) is 32.0 Å². The zero-order valence-electron chi connectivity index (χ0n) is 14.2. The first-order chi connectivity index (χ1) is 12.0. The number of nitrogens with zero attached hydrogens (tertiary/aromatic N) is 3. The maximum atomic E-state index is 11.8. The molecule has 8 nitrogen and oxygen atoms in total. The molecule has 0 spiro atoms. The van der Waals surface area contributed by atoms with E-state index in [1.165, 1.54) is 13.3 Å². The summed E-state index contributed by atoms with van der Waals surface area (Å²) in [7, 11) is 1.53. The number of nitrogens with one attached hydrogen (secondary N) is 1. The van der Waals surface area contributed by atoms with Gasteiger partial charge in [-0.25, -0.2) is 10.4 Å². The number of methoxy groups -OCH3 is 1. The quantitative estimate of drug-likeness (QED) is 0.607. The molecule has 0 saturated heterocycles. The van der Waals surface area contributed by atoms with Gasteiger partial charge < -0.3 is 13.9 Å². The molecule has 1 N–H and O–H groups in total. The van der Waals surface area contributed by atoms with Gasteiger partial charge in [0.25, 0.3) is 5.91 Å². The van der Waals surface area contributed by atoms with Crippen molar-refractivity contribution < 1.29 is 18.7 Å². The van der Waals surface area contributed by atoms with Crippen molar-refractivity contribution in [1.82, 2.24) is 10.4 Å². The van der Waals surface area contributed by atoms with Crippen molar-refractivity contribution in [2.24, 2.45) is 5.10 Å². The lowest BCUT2D eigenvalue weighted by atomic mass is 10.1. The number of aryl methyl sites for hydroxylation is 2. The van der Waals surface area contributed by atoms with Crippen LogP contribution in [0.2, 0.25) is 0 Å². The second kappa shape index (κ2) is 8.61. The first-order valence-corrected chi connectivity index (χ1v) is 7.44. The summed E-state index contributed by atoms with van der Waals surface area (Å²) >= 11 is 0. The van der Waals surface area contributed by atoms with Crippen LogP contribution in [0.4, 0.5) is 0 Å². The minimum Gasteiger partial charge on any atom is -0.467 e. The summed E-state index contributed by atoms with van der Waals surface area (Å²) in [6, 6.07) is 7.29. The molecule has 0 atom stereocenters. The fourth-order valence-electron chi connectivity index (χ4n) is 2.06. The molecule has 2 aromatic rings. The topological polar surface area (TPSA) is 110 Å². The van der Waals surface area contributed by atoms with E-state index in [-0.39, 0.29) is 24.7 Å². The van der Waals surface area contributed by atoms with Gasteiger partial charge in [0.15, 0.2) is 6.61 Å². The maximum Gasteiger partial charge on any atom is 0.278 e. The molecule has 130 valence electrons. The molecular formula is C17H18N4O4. The second-order valence-corrected chi connectivity index (χ2v) is 5.18. The predicted molar refractivity (Wildman–Crippen MR) is 89.1 cm³/mol. The number of hydrogen-bond donors (Lipinski definition) is 1. The van der Waals surface area contributed by atoms with Crippen molar-refractivity contribution in [2.75, 3.05) is 13.7 Å². The summed E-state index contributed by atoms with van der Waals surface area (Å²) < 4.78 is 15.7. The van der Waals surface area contributed by atoms with Crippen molar-refractivity contribution in [1.29, 1.82) is 5.26 Å². The Kier molecular flexibility index (Phi) is 6.26. The first-order valence-electron chi connectivity index (χ1n) is 7.44. The van der Waals surface area contributed by atoms with E-state index in [1.54, 1.807) is 25.1 Å². The highest BCUT2D eigenvalue weighted by Crippen LogP contribution is 2.21. The Morgan fingerprint density at radius 3 is 2.92 bits per heavy atom. The Balaban J connectivity index is 1.97. The highest BCUT2D eigenvalue weighted by molar-refractivity contribution is 5.81. The smallest absolute Gasteiger partial charge is 0.278 e. The van der Waals surface area contributed by atoms with E-state index in [0.717, 1.165) is 5.76 Å². The van der Waals surface area contributed by atoms with Gasteiger partial charge in [-0.3, -0.25) is 4.79 Å². The van der Waals surface area contributed by atoms with Crippen LogP contribution in [0.5, 0.6) is 5.88 Å². The Morgan fingerprint density at radius 2 is 2.28 bits per heavy atom. The average Bonchev–Trinajstić information content (AvgIpc) is 2.98. The number of amides is 1. The van der Waals surface area contributed by atoms with Crippen molar-refractivity contribution >= 4 is 12.1 Å². The number of aromatic nitrogens is 1. The number of hydrogen-bond acceptors (Lipinski definition) is 7. The van der Waals surface area contributed by atoms with Gasteiger partial charge >= 0.3 is 0 Å². The molecule has 2 heterocycles. The third-order valence-electron chi connectivity index (χ3n) is 3.09. The largest absolute Gasteiger partial charge is 0.467 e. The number of carbonyl (C=O) groups is 1. The summed E-state index contributed by atoms with van der Waals surface area (Å²) in [6.45, 7) is 3.50. The standard InChI is InChI=1S/C17H18N4O4/c1-11-6-13(9-23-3)15(7-18)17(20-11)24-10-16(22)21-19-8-14-5-4-12(2)25-14/h4-6,8H,9-10H2,1-3H3,(H,21,22)/b19-8+. The van der Waals surface area contributed by atoms with Crippen molar-refractivity contribution in [3.63, 3.8) is 0 Å². The molecular weight excluding hydrogens is 324 g/mol. The fraction of sp³-hybridized carbons (Fsp3) is 0.294. The lowest BCUT2D eigenvalue weighted by Gasteiger charge is -2.10. The SMILES string of the molecule is COCc1cc(C)nc(OCC(=O)N/N=C/c2ccc(C)o2)c1C#N. The number of carbonyl (C=O) groups excluding carboxylic acids is 1. The predicted octanol–water partition coefficient (Wildman–Crippen LogP) is 1.84. The van der Waals surface area contributed by atoms with Gasteiger partial charge in [-0.1, -0.05) is 0 Å². The van der Waals surface area contributed by atoms with E-state index >= 15 is 0 Å². The van der Waals surface area contributed by atoms with E-state index in [9.17, 15) is 10.1 Å². The van der Waals surface area contributed by atoms with E-state index in [2.05, 4.69) is 15.5 Å². The minimum atomic E-state index is -0.486. The number of hydrazone groups is 1. The van der Waals surface area contributed by atoms with Crippen LogP contribution in [0.3, 0.4) is 0 Å². The molecule has 0 fully saturated rings. The number of rotatable bonds is 7. The van der Waals surface area contributed by atoms with Crippen LogP contribution >= 0.6 is 0 Å². The molecule has 25 heavy (non-hydrogen) atoms. The van der Waals surface area contributed by atoms with Crippen molar-refractivity contribution in [3.8, 4) is 11.9 Å². The number of furan rings is 1. The lowest BCUT2D eigenvalue weighted by Crippen LogP contribution is -2.25. The maximum absolute atomic E-state index is 11.8. The molecule has 0 bridgehead atoms. The molecule has 0 unspecified atom stereocenters. The monoisotopic (exact) mass is 342 g/mol. The van der Waals surface area contributed by atoms with Crippen LogP contribution in [0.25, 0.3) is 0 Å². The molecule has 0 aliphatic heterocycles. The Labute approximate surface area is 145 Å². The van der Waals surface area contributed by atoms with Gasteiger partial charge in [0.05, 0.1) is 12.8 Å². The Bertz CT molecular complexity index is 821. The van der Waals surface area contributed by atoms with Crippen LogP contribution < -0.4 is 10.2 Å². The number of ether oxygens (including phenoxy) is 2. The van der Waals surface area contributed by atoms with E-state index < -0.39 is 5.91 Å². The Hall–Kier alpha value is -3.18. The molecule has 2 rings (SSSR count). The zero-order chi connectivity index (χ0) is 18.2. The molecule has 0 aliphatic carbocycles. The molecule has 0 saturated carbocycles. The van der Waals surface area contributed by atoms with E-state index in [0.29, 0.717) is 17.0 Å². The highest BCUT2D eigenvalue weighted by atomic mass is 16.5. The molecule has 0 radical (unpaired) electrons. The molecule has 0 aliphatic rings. The van der Waals surface area contributed by atoms with Crippen LogP contribution in [-0.4, -0.2) is 30.8 Å². The van der Waals surface area contributed by atoms with E-state index in [4.69, 9.17) is 13.9 Å². The summed E-state index contributed by atoms with van der Waals surface area (Å²) in [5.74, 6) is 0.878. The van der Waals surface area contributed by atoms with Crippen molar-refractivity contribution in [2.45, 2.75) is 20.5 Å². The number of nitriles is 1. The third kappa shape index (κ3) is 5.16.